The van der Waals surface area contributed by atoms with Gasteiger partial charge < -0.3 is 14.6 Å². The van der Waals surface area contributed by atoms with Crippen molar-refractivity contribution in [2.45, 2.75) is 51.6 Å². The second-order valence-electron chi connectivity index (χ2n) is 5.63. The van der Waals surface area contributed by atoms with Crippen molar-refractivity contribution in [2.24, 2.45) is 0 Å². The molecule has 1 aromatic rings. The van der Waals surface area contributed by atoms with Gasteiger partial charge in [0, 0.05) is 25.4 Å². The highest BCUT2D eigenvalue weighted by atomic mass is 16.3. The third-order valence-corrected chi connectivity index (χ3v) is 3.85. The van der Waals surface area contributed by atoms with Gasteiger partial charge in [-0.15, -0.1) is 0 Å². The number of Topliss-reactive ketones (excluding diaryl/α,β-unsaturated/α-hetero) is 1. The molecule has 1 aromatic heterocycles. The lowest BCUT2D eigenvalue weighted by molar-refractivity contribution is -0.137. The lowest BCUT2D eigenvalue weighted by atomic mass is 10.1. The minimum absolute atomic E-state index is 0.0290. The van der Waals surface area contributed by atoms with E-state index in [2.05, 4.69) is 5.32 Å². The van der Waals surface area contributed by atoms with Crippen LogP contribution < -0.4 is 5.32 Å². The normalized spacial score (nSPS) is 17.4. The summed E-state index contributed by atoms with van der Waals surface area (Å²) in [5, 5.41) is 2.83. The summed E-state index contributed by atoms with van der Waals surface area (Å²) in [6.07, 6.45) is 3.49. The standard InChI is InChI=1S/C16H22N2O4/c1-3-12(18-8-4-7-15(18)20)16(21)17-11(2)10-13(19)14-6-5-9-22-14/h5-6,9,11-12H,3-4,7-8,10H2,1-2H3,(H,17,21)/t11-,12-/m1/s1. The van der Waals surface area contributed by atoms with Gasteiger partial charge in [-0.05, 0) is 31.9 Å². The number of ketones is 1. The highest BCUT2D eigenvalue weighted by molar-refractivity contribution is 5.94. The van der Waals surface area contributed by atoms with Crippen LogP contribution in [0.5, 0.6) is 0 Å². The van der Waals surface area contributed by atoms with E-state index < -0.39 is 6.04 Å². The quantitative estimate of drug-likeness (QED) is 0.778. The number of furan rings is 1. The van der Waals surface area contributed by atoms with E-state index in [0.717, 1.165) is 6.42 Å². The first-order chi connectivity index (χ1) is 10.5. The molecule has 2 amide bonds. The Morgan fingerprint density at radius 2 is 2.23 bits per heavy atom. The number of hydrogen-bond donors (Lipinski definition) is 1. The average Bonchev–Trinajstić information content (AvgIpc) is 3.11. The lowest BCUT2D eigenvalue weighted by Gasteiger charge is -2.27. The first kappa shape index (κ1) is 16.3. The molecule has 2 heterocycles. The average molecular weight is 306 g/mol. The third-order valence-electron chi connectivity index (χ3n) is 3.85. The molecule has 0 saturated carbocycles. The number of amides is 2. The van der Waals surface area contributed by atoms with Gasteiger partial charge in [0.25, 0.3) is 0 Å². The predicted octanol–water partition coefficient (Wildman–Crippen LogP) is 1.76. The van der Waals surface area contributed by atoms with E-state index >= 15 is 0 Å². The van der Waals surface area contributed by atoms with Crippen LogP contribution >= 0.6 is 0 Å². The number of hydrogen-bond acceptors (Lipinski definition) is 4. The van der Waals surface area contributed by atoms with Crippen LogP contribution in [-0.4, -0.2) is 41.1 Å². The minimum Gasteiger partial charge on any atom is -0.461 e. The Labute approximate surface area is 129 Å². The predicted molar refractivity (Wildman–Crippen MR) is 80.3 cm³/mol. The fraction of sp³-hybridized carbons (Fsp3) is 0.562. The highest BCUT2D eigenvalue weighted by Gasteiger charge is 2.32. The van der Waals surface area contributed by atoms with Gasteiger partial charge in [-0.1, -0.05) is 6.92 Å². The first-order valence-corrected chi connectivity index (χ1v) is 7.69. The summed E-state index contributed by atoms with van der Waals surface area (Å²) in [6, 6.07) is 2.50. The number of likely N-dealkylation sites (tertiary alicyclic amines) is 1. The van der Waals surface area contributed by atoms with Crippen molar-refractivity contribution in [3.05, 3.63) is 24.2 Å². The second kappa shape index (κ2) is 7.24. The van der Waals surface area contributed by atoms with Gasteiger partial charge in [-0.2, -0.15) is 0 Å². The molecule has 2 rings (SSSR count). The van der Waals surface area contributed by atoms with E-state index in [4.69, 9.17) is 4.42 Å². The zero-order valence-electron chi connectivity index (χ0n) is 13.0. The van der Waals surface area contributed by atoms with Gasteiger partial charge in [0.2, 0.25) is 11.8 Å². The molecule has 0 aliphatic carbocycles. The van der Waals surface area contributed by atoms with E-state index in [1.165, 1.54) is 6.26 Å². The maximum absolute atomic E-state index is 12.3. The van der Waals surface area contributed by atoms with Gasteiger partial charge in [-0.3, -0.25) is 14.4 Å². The maximum atomic E-state index is 12.3. The highest BCUT2D eigenvalue weighted by Crippen LogP contribution is 2.16. The van der Waals surface area contributed by atoms with E-state index in [9.17, 15) is 14.4 Å². The summed E-state index contributed by atoms with van der Waals surface area (Å²) >= 11 is 0. The van der Waals surface area contributed by atoms with Crippen LogP contribution in [0.15, 0.2) is 22.8 Å². The molecule has 1 aliphatic heterocycles. The summed E-state index contributed by atoms with van der Waals surface area (Å²) < 4.78 is 5.05. The van der Waals surface area contributed by atoms with Gasteiger partial charge >= 0.3 is 0 Å². The summed E-state index contributed by atoms with van der Waals surface area (Å²) in [5.74, 6) is -0.0234. The molecular formula is C16H22N2O4. The topological polar surface area (TPSA) is 79.6 Å². The number of nitrogens with zero attached hydrogens (tertiary/aromatic N) is 1. The van der Waals surface area contributed by atoms with Crippen molar-refractivity contribution in [1.82, 2.24) is 10.2 Å². The summed E-state index contributed by atoms with van der Waals surface area (Å²) in [6.45, 7) is 4.29. The zero-order valence-corrected chi connectivity index (χ0v) is 13.0. The summed E-state index contributed by atoms with van der Waals surface area (Å²) in [5.41, 5.74) is 0. The Kier molecular flexibility index (Phi) is 5.35. The van der Waals surface area contributed by atoms with Gasteiger partial charge in [-0.25, -0.2) is 0 Å². The molecule has 0 aromatic carbocycles. The minimum atomic E-state index is -0.448. The summed E-state index contributed by atoms with van der Waals surface area (Å²) in [7, 11) is 0. The maximum Gasteiger partial charge on any atom is 0.243 e. The van der Waals surface area contributed by atoms with Crippen LogP contribution in [0.25, 0.3) is 0 Å². The lowest BCUT2D eigenvalue weighted by Crippen LogP contribution is -2.49. The smallest absolute Gasteiger partial charge is 0.243 e. The second-order valence-corrected chi connectivity index (χ2v) is 5.63. The van der Waals surface area contributed by atoms with Crippen LogP contribution in [-0.2, 0) is 9.59 Å². The first-order valence-electron chi connectivity index (χ1n) is 7.69. The number of carbonyl (C=O) groups excluding carboxylic acids is 3. The van der Waals surface area contributed by atoms with Crippen LogP contribution in [0.4, 0.5) is 0 Å². The van der Waals surface area contributed by atoms with E-state index in [-0.39, 0.29) is 30.1 Å². The van der Waals surface area contributed by atoms with Crippen molar-refractivity contribution in [3.8, 4) is 0 Å². The molecule has 6 heteroatoms. The molecule has 120 valence electrons. The molecule has 0 radical (unpaired) electrons. The Hall–Kier alpha value is -2.11. The molecule has 1 aliphatic rings. The largest absolute Gasteiger partial charge is 0.461 e. The summed E-state index contributed by atoms with van der Waals surface area (Å²) in [4.78, 5) is 37.7. The monoisotopic (exact) mass is 306 g/mol. The van der Waals surface area contributed by atoms with E-state index in [0.29, 0.717) is 25.1 Å². The van der Waals surface area contributed by atoms with Crippen LogP contribution in [0.2, 0.25) is 0 Å². The van der Waals surface area contributed by atoms with Crippen LogP contribution in [0.3, 0.4) is 0 Å². The van der Waals surface area contributed by atoms with Crippen molar-refractivity contribution in [3.63, 3.8) is 0 Å². The van der Waals surface area contributed by atoms with E-state index in [1.807, 2.05) is 6.92 Å². The molecule has 0 spiro atoms. The molecular weight excluding hydrogens is 284 g/mol. The van der Waals surface area contributed by atoms with Crippen molar-refractivity contribution < 1.29 is 18.8 Å². The molecule has 0 unspecified atom stereocenters. The fourth-order valence-corrected chi connectivity index (χ4v) is 2.75. The van der Waals surface area contributed by atoms with Crippen molar-refractivity contribution in [1.29, 1.82) is 0 Å². The Bertz CT molecular complexity index is 538. The molecule has 2 atom stereocenters. The van der Waals surface area contributed by atoms with Crippen molar-refractivity contribution in [2.75, 3.05) is 6.54 Å². The number of rotatable bonds is 7. The zero-order chi connectivity index (χ0) is 16.1. The molecule has 1 saturated heterocycles. The van der Waals surface area contributed by atoms with Crippen molar-refractivity contribution >= 4 is 17.6 Å². The van der Waals surface area contributed by atoms with Crippen LogP contribution in [0, 0.1) is 0 Å². The van der Waals surface area contributed by atoms with Gasteiger partial charge in [0.1, 0.15) is 6.04 Å². The number of carbonyl (C=O) groups is 3. The fourth-order valence-electron chi connectivity index (χ4n) is 2.75. The van der Waals surface area contributed by atoms with E-state index in [1.54, 1.807) is 24.0 Å². The third kappa shape index (κ3) is 3.75. The van der Waals surface area contributed by atoms with Crippen LogP contribution in [0.1, 0.15) is 50.1 Å². The van der Waals surface area contributed by atoms with Gasteiger partial charge in [0.05, 0.1) is 6.26 Å². The Balaban J connectivity index is 1.89. The molecule has 0 bridgehead atoms. The molecule has 22 heavy (non-hydrogen) atoms. The molecule has 6 nitrogen and oxygen atoms in total. The molecule has 1 fully saturated rings. The SMILES string of the molecule is CC[C@H](C(=O)N[C@H](C)CC(=O)c1ccco1)N1CCCC1=O. The number of nitrogens with one attached hydrogen (secondary N) is 1. The van der Waals surface area contributed by atoms with Gasteiger partial charge in [0.15, 0.2) is 11.5 Å². The molecule has 1 N–H and O–H groups in total. The Morgan fingerprint density at radius 1 is 1.45 bits per heavy atom. The Morgan fingerprint density at radius 3 is 2.77 bits per heavy atom.